The highest BCUT2D eigenvalue weighted by Gasteiger charge is 2.35. The third kappa shape index (κ3) is 4.30. The van der Waals surface area contributed by atoms with E-state index in [4.69, 9.17) is 5.73 Å². The zero-order valence-corrected chi connectivity index (χ0v) is 16.6. The topological polar surface area (TPSA) is 43.8 Å². The predicted octanol–water partition coefficient (Wildman–Crippen LogP) is 6.17. The van der Waals surface area contributed by atoms with Crippen LogP contribution in [-0.2, 0) is 12.7 Å². The molecule has 0 radical (unpaired) electrons. The normalized spacial score (nSPS) is 14.0. The molecule has 2 N–H and O–H groups in total. The number of nitrogens with zero attached hydrogens (tertiary/aromatic N) is 2. The van der Waals surface area contributed by atoms with Crippen molar-refractivity contribution < 1.29 is 26.3 Å². The van der Waals surface area contributed by atoms with Crippen molar-refractivity contribution in [3.05, 3.63) is 53.5 Å². The number of hydrogen-bond acceptors (Lipinski definition) is 2. The van der Waals surface area contributed by atoms with Gasteiger partial charge in [-0.3, -0.25) is 0 Å². The van der Waals surface area contributed by atoms with Crippen molar-refractivity contribution in [2.24, 2.45) is 11.1 Å². The standard InChI is InChI=1S/C21H21F6N3/c1-20(2,3)10-30-9-13(16(28)18(23)24)12-8-15(22)17(29-19(12)30)11-6-4-5-7-14(11)21(25,26)27/h4-9,16,18H,10,28H2,1-3H3/t16-/m0/s1. The fourth-order valence-electron chi connectivity index (χ4n) is 3.37. The molecule has 0 aliphatic carbocycles. The van der Waals surface area contributed by atoms with Crippen molar-refractivity contribution >= 4 is 11.0 Å². The molecular formula is C21H21F6N3. The molecule has 2 aromatic heterocycles. The molecule has 3 nitrogen and oxygen atoms in total. The molecule has 0 saturated heterocycles. The lowest BCUT2D eigenvalue weighted by molar-refractivity contribution is -0.137. The minimum Gasteiger partial charge on any atom is -0.332 e. The first-order chi connectivity index (χ1) is 13.8. The van der Waals surface area contributed by atoms with Gasteiger partial charge >= 0.3 is 6.18 Å². The van der Waals surface area contributed by atoms with E-state index in [1.165, 1.54) is 22.9 Å². The molecule has 0 saturated carbocycles. The van der Waals surface area contributed by atoms with Gasteiger partial charge in [0.2, 0.25) is 0 Å². The van der Waals surface area contributed by atoms with Gasteiger partial charge in [-0.1, -0.05) is 39.0 Å². The molecule has 30 heavy (non-hydrogen) atoms. The van der Waals surface area contributed by atoms with Crippen LogP contribution in [0.25, 0.3) is 22.3 Å². The number of alkyl halides is 5. The molecule has 162 valence electrons. The van der Waals surface area contributed by atoms with Crippen molar-refractivity contribution in [1.29, 1.82) is 0 Å². The van der Waals surface area contributed by atoms with Crippen molar-refractivity contribution in [3.8, 4) is 11.3 Å². The number of aromatic nitrogens is 2. The molecular weight excluding hydrogens is 408 g/mol. The van der Waals surface area contributed by atoms with Gasteiger partial charge < -0.3 is 10.3 Å². The lowest BCUT2D eigenvalue weighted by Gasteiger charge is -2.20. The summed E-state index contributed by atoms with van der Waals surface area (Å²) in [5.74, 6) is -1.05. The summed E-state index contributed by atoms with van der Waals surface area (Å²) in [4.78, 5) is 4.15. The zero-order valence-electron chi connectivity index (χ0n) is 16.6. The van der Waals surface area contributed by atoms with Gasteiger partial charge in [0, 0.05) is 29.3 Å². The molecule has 0 aliphatic heterocycles. The van der Waals surface area contributed by atoms with Crippen molar-refractivity contribution in [2.45, 2.75) is 46.0 Å². The molecule has 9 heteroatoms. The average Bonchev–Trinajstić information content (AvgIpc) is 2.95. The zero-order chi connectivity index (χ0) is 22.4. The third-order valence-corrected chi connectivity index (χ3v) is 4.60. The first kappa shape index (κ1) is 22.1. The second kappa shape index (κ2) is 7.61. The monoisotopic (exact) mass is 429 g/mol. The third-order valence-electron chi connectivity index (χ3n) is 4.60. The maximum Gasteiger partial charge on any atom is 0.417 e. The van der Waals surface area contributed by atoms with Gasteiger partial charge in [0.25, 0.3) is 6.43 Å². The van der Waals surface area contributed by atoms with Gasteiger partial charge in [-0.05, 0) is 17.5 Å². The van der Waals surface area contributed by atoms with Crippen LogP contribution in [0.5, 0.6) is 0 Å². The number of nitrogens with two attached hydrogens (primary N) is 1. The highest BCUT2D eigenvalue weighted by molar-refractivity contribution is 5.84. The van der Waals surface area contributed by atoms with E-state index in [2.05, 4.69) is 4.98 Å². The number of rotatable bonds is 4. The molecule has 1 atom stereocenters. The van der Waals surface area contributed by atoms with E-state index in [9.17, 15) is 26.3 Å². The van der Waals surface area contributed by atoms with Crippen LogP contribution < -0.4 is 5.73 Å². The Hall–Kier alpha value is -2.55. The van der Waals surface area contributed by atoms with E-state index < -0.39 is 41.3 Å². The van der Waals surface area contributed by atoms with E-state index in [1.54, 1.807) is 0 Å². The van der Waals surface area contributed by atoms with Crippen LogP contribution in [-0.4, -0.2) is 16.0 Å². The Morgan fingerprint density at radius 1 is 1.10 bits per heavy atom. The van der Waals surface area contributed by atoms with Crippen LogP contribution in [0, 0.1) is 11.2 Å². The van der Waals surface area contributed by atoms with Gasteiger partial charge in [0.15, 0.2) is 0 Å². The van der Waals surface area contributed by atoms with Gasteiger partial charge in [-0.15, -0.1) is 0 Å². The Morgan fingerprint density at radius 3 is 2.30 bits per heavy atom. The van der Waals surface area contributed by atoms with Gasteiger partial charge in [-0.25, -0.2) is 18.2 Å². The Bertz CT molecular complexity index is 1060. The van der Waals surface area contributed by atoms with E-state index in [0.29, 0.717) is 6.54 Å². The number of fused-ring (bicyclic) bond motifs is 1. The maximum atomic E-state index is 14.9. The minimum atomic E-state index is -4.71. The molecule has 0 spiro atoms. The second-order valence-electron chi connectivity index (χ2n) is 8.37. The molecule has 2 heterocycles. The van der Waals surface area contributed by atoms with Gasteiger partial charge in [0.05, 0.1) is 11.6 Å². The van der Waals surface area contributed by atoms with E-state index >= 15 is 0 Å². The fourth-order valence-corrected chi connectivity index (χ4v) is 3.37. The molecule has 3 aromatic rings. The largest absolute Gasteiger partial charge is 0.417 e. The Kier molecular flexibility index (Phi) is 5.62. The lowest BCUT2D eigenvalue weighted by Crippen LogP contribution is -2.19. The average molecular weight is 429 g/mol. The summed E-state index contributed by atoms with van der Waals surface area (Å²) < 4.78 is 83.2. The van der Waals surface area contributed by atoms with Crippen molar-refractivity contribution in [1.82, 2.24) is 9.55 Å². The number of halogens is 6. The summed E-state index contributed by atoms with van der Waals surface area (Å²) >= 11 is 0. The molecule has 0 aliphatic rings. The van der Waals surface area contributed by atoms with Crippen LogP contribution >= 0.6 is 0 Å². The molecule has 0 unspecified atom stereocenters. The Morgan fingerprint density at radius 2 is 1.73 bits per heavy atom. The predicted molar refractivity (Wildman–Crippen MR) is 103 cm³/mol. The van der Waals surface area contributed by atoms with Crippen LogP contribution in [0.15, 0.2) is 36.5 Å². The van der Waals surface area contributed by atoms with Crippen LogP contribution in [0.2, 0.25) is 0 Å². The Balaban J connectivity index is 2.31. The van der Waals surface area contributed by atoms with Gasteiger partial charge in [-0.2, -0.15) is 13.2 Å². The highest BCUT2D eigenvalue weighted by Crippen LogP contribution is 2.39. The Labute approximate surface area is 169 Å². The molecule has 0 amide bonds. The molecule has 1 aromatic carbocycles. The van der Waals surface area contributed by atoms with E-state index in [-0.39, 0.29) is 22.0 Å². The summed E-state index contributed by atoms with van der Waals surface area (Å²) in [5, 5.41) is 0.0535. The molecule has 0 fully saturated rings. The minimum absolute atomic E-state index is 0.00805. The summed E-state index contributed by atoms with van der Waals surface area (Å²) in [5.41, 5.74) is 3.43. The first-order valence-corrected chi connectivity index (χ1v) is 9.19. The van der Waals surface area contributed by atoms with Gasteiger partial charge in [0.1, 0.15) is 17.2 Å². The van der Waals surface area contributed by atoms with E-state index in [0.717, 1.165) is 18.2 Å². The van der Waals surface area contributed by atoms with E-state index in [1.807, 2.05) is 20.8 Å². The summed E-state index contributed by atoms with van der Waals surface area (Å²) in [6, 6.07) is 3.77. The second-order valence-corrected chi connectivity index (χ2v) is 8.37. The number of hydrogen-bond donors (Lipinski definition) is 1. The lowest BCUT2D eigenvalue weighted by atomic mass is 9.97. The summed E-state index contributed by atoms with van der Waals surface area (Å²) in [7, 11) is 0. The van der Waals surface area contributed by atoms with Crippen molar-refractivity contribution in [2.75, 3.05) is 0 Å². The quantitative estimate of drug-likeness (QED) is 0.504. The molecule has 0 bridgehead atoms. The first-order valence-electron chi connectivity index (χ1n) is 9.19. The molecule has 3 rings (SSSR count). The highest BCUT2D eigenvalue weighted by atomic mass is 19.4. The van der Waals surface area contributed by atoms with Crippen molar-refractivity contribution in [3.63, 3.8) is 0 Å². The van der Waals surface area contributed by atoms with Crippen LogP contribution in [0.1, 0.15) is 37.9 Å². The number of benzene rings is 1. The summed E-state index contributed by atoms with van der Waals surface area (Å²) in [6.07, 6.45) is -6.23. The van der Waals surface area contributed by atoms with Crippen LogP contribution in [0.3, 0.4) is 0 Å². The maximum absolute atomic E-state index is 14.9. The fraction of sp³-hybridized carbons (Fsp3) is 0.381. The summed E-state index contributed by atoms with van der Waals surface area (Å²) in [6.45, 7) is 6.01. The smallest absolute Gasteiger partial charge is 0.332 e. The van der Waals surface area contributed by atoms with Crippen LogP contribution in [0.4, 0.5) is 26.3 Å². The SMILES string of the molecule is CC(C)(C)Cn1cc([C@H](N)C(F)F)c2cc(F)c(-c3ccccc3C(F)(F)F)nc21. The number of pyridine rings is 1.